The van der Waals surface area contributed by atoms with Crippen molar-refractivity contribution in [2.24, 2.45) is 0 Å². The summed E-state index contributed by atoms with van der Waals surface area (Å²) in [6.45, 7) is 1.47. The molecule has 1 aromatic heterocycles. The molecule has 1 aromatic carbocycles. The van der Waals surface area contributed by atoms with E-state index in [1.165, 1.54) is 4.31 Å². The average molecular weight is 456 g/mol. The van der Waals surface area contributed by atoms with E-state index < -0.39 is 22.9 Å². The van der Waals surface area contributed by atoms with E-state index in [4.69, 9.17) is 25.6 Å². The van der Waals surface area contributed by atoms with Crippen molar-refractivity contribution in [3.63, 3.8) is 0 Å². The first-order chi connectivity index (χ1) is 14.3. The third-order valence-electron chi connectivity index (χ3n) is 4.51. The van der Waals surface area contributed by atoms with E-state index in [-0.39, 0.29) is 19.7 Å². The monoisotopic (exact) mass is 455 g/mol. The van der Waals surface area contributed by atoms with Crippen molar-refractivity contribution in [2.45, 2.75) is 13.2 Å². The van der Waals surface area contributed by atoms with Gasteiger partial charge in [0.2, 0.25) is 0 Å². The van der Waals surface area contributed by atoms with Gasteiger partial charge in [-0.1, -0.05) is 17.7 Å². The molecule has 11 heteroatoms. The minimum Gasteiger partial charge on any atom is -0.482 e. The van der Waals surface area contributed by atoms with Crippen LogP contribution in [0.1, 0.15) is 11.1 Å². The largest absolute Gasteiger partial charge is 0.482 e. The minimum atomic E-state index is -3.84. The second-order valence-corrected chi connectivity index (χ2v) is 8.73. The Bertz CT molecular complexity index is 965. The lowest BCUT2D eigenvalue weighted by Crippen LogP contribution is -2.48. The lowest BCUT2D eigenvalue weighted by molar-refractivity contribution is -0.139. The van der Waals surface area contributed by atoms with Crippen molar-refractivity contribution in [3.05, 3.63) is 58.9 Å². The summed E-state index contributed by atoms with van der Waals surface area (Å²) in [5.41, 5.74) is 1.42. The Labute approximate surface area is 180 Å². The number of carboxylic acids is 1. The molecule has 0 amide bonds. The normalized spacial score (nSPS) is 15.8. The van der Waals surface area contributed by atoms with Crippen LogP contribution in [0.15, 0.2) is 42.7 Å². The lowest BCUT2D eigenvalue weighted by Gasteiger charge is -2.33. The Morgan fingerprint density at radius 1 is 1.20 bits per heavy atom. The molecule has 2 aromatic rings. The number of hydrogen-bond donors (Lipinski definition) is 1. The molecular weight excluding hydrogens is 434 g/mol. The first kappa shape index (κ1) is 22.4. The molecule has 0 unspecified atom stereocenters. The number of aromatic nitrogens is 1. The number of carbonyl (C=O) groups is 1. The van der Waals surface area contributed by atoms with Crippen molar-refractivity contribution < 1.29 is 27.2 Å². The molecule has 1 aliphatic heterocycles. The van der Waals surface area contributed by atoms with Gasteiger partial charge in [-0.15, -0.1) is 0 Å². The van der Waals surface area contributed by atoms with Crippen LogP contribution in [-0.4, -0.2) is 66.5 Å². The molecule has 0 atom stereocenters. The number of hydrogen-bond acceptors (Lipinski definition) is 7. The van der Waals surface area contributed by atoms with E-state index in [0.29, 0.717) is 36.0 Å². The fourth-order valence-electron chi connectivity index (χ4n) is 3.00. The van der Waals surface area contributed by atoms with Crippen molar-refractivity contribution >= 4 is 27.9 Å². The average Bonchev–Trinajstić information content (AvgIpc) is 2.73. The highest BCUT2D eigenvalue weighted by atomic mass is 35.5. The zero-order chi connectivity index (χ0) is 21.6. The SMILES string of the molecule is O=C(O)COc1ccc(Cl)cc1CN1CCN(S(=O)(=O)OCc2cccnc2)CC1. The highest BCUT2D eigenvalue weighted by molar-refractivity contribution is 7.84. The minimum absolute atomic E-state index is 0.0663. The van der Waals surface area contributed by atoms with Gasteiger partial charge in [0, 0.05) is 55.7 Å². The van der Waals surface area contributed by atoms with Crippen LogP contribution in [0.25, 0.3) is 0 Å². The molecule has 1 fully saturated rings. The van der Waals surface area contributed by atoms with Crippen molar-refractivity contribution in [1.29, 1.82) is 0 Å². The van der Waals surface area contributed by atoms with E-state index in [1.54, 1.807) is 42.7 Å². The van der Waals surface area contributed by atoms with Crippen LogP contribution in [0.4, 0.5) is 0 Å². The van der Waals surface area contributed by atoms with Gasteiger partial charge in [0.15, 0.2) is 6.61 Å². The highest BCUT2D eigenvalue weighted by Crippen LogP contribution is 2.25. The summed E-state index contributed by atoms with van der Waals surface area (Å²) in [4.78, 5) is 16.8. The van der Waals surface area contributed by atoms with Crippen molar-refractivity contribution in [3.8, 4) is 5.75 Å². The zero-order valence-corrected chi connectivity index (χ0v) is 17.7. The van der Waals surface area contributed by atoms with Crippen LogP contribution in [0.3, 0.4) is 0 Å². The molecule has 9 nitrogen and oxygen atoms in total. The fraction of sp³-hybridized carbons (Fsp3) is 0.368. The number of pyridine rings is 1. The molecule has 1 saturated heterocycles. The molecule has 0 bridgehead atoms. The van der Waals surface area contributed by atoms with Gasteiger partial charge in [-0.05, 0) is 29.8 Å². The summed E-state index contributed by atoms with van der Waals surface area (Å²) in [6, 6.07) is 8.45. The number of nitrogens with zero attached hydrogens (tertiary/aromatic N) is 3. The standard InChI is InChI=1S/C19H22ClN3O6S/c20-17-3-4-18(28-14-19(24)25)16(10-17)12-22-6-8-23(9-7-22)30(26,27)29-13-15-2-1-5-21-11-15/h1-5,10-11H,6-9,12-14H2,(H,24,25). The Morgan fingerprint density at radius 2 is 1.97 bits per heavy atom. The molecule has 0 radical (unpaired) electrons. The second kappa shape index (κ2) is 10.2. The van der Waals surface area contributed by atoms with Gasteiger partial charge in [-0.3, -0.25) is 14.1 Å². The van der Waals surface area contributed by atoms with Gasteiger partial charge < -0.3 is 9.84 Å². The predicted molar refractivity (Wildman–Crippen MR) is 109 cm³/mol. The van der Waals surface area contributed by atoms with Gasteiger partial charge in [-0.25, -0.2) is 4.79 Å². The summed E-state index contributed by atoms with van der Waals surface area (Å²) < 4.78 is 36.7. The third-order valence-corrected chi connectivity index (χ3v) is 6.16. The van der Waals surface area contributed by atoms with Crippen LogP contribution in [0.5, 0.6) is 5.75 Å². The fourth-order valence-corrected chi connectivity index (χ4v) is 4.24. The molecule has 3 rings (SSSR count). The van der Waals surface area contributed by atoms with Gasteiger partial charge >= 0.3 is 16.3 Å². The Balaban J connectivity index is 1.55. The molecule has 162 valence electrons. The lowest BCUT2D eigenvalue weighted by atomic mass is 10.1. The van der Waals surface area contributed by atoms with E-state index in [2.05, 4.69) is 4.98 Å². The number of piperazine rings is 1. The van der Waals surface area contributed by atoms with E-state index in [0.717, 1.165) is 5.56 Å². The van der Waals surface area contributed by atoms with Crippen LogP contribution in [0.2, 0.25) is 5.02 Å². The summed E-state index contributed by atoms with van der Waals surface area (Å²) >= 11 is 6.07. The van der Waals surface area contributed by atoms with E-state index in [1.807, 2.05) is 4.90 Å². The first-order valence-electron chi connectivity index (χ1n) is 9.22. The Hall–Kier alpha value is -2.24. The number of aliphatic carboxylic acids is 1. The number of ether oxygens (including phenoxy) is 1. The van der Waals surface area contributed by atoms with Crippen LogP contribution in [-0.2, 0) is 32.4 Å². The molecular formula is C19H22ClN3O6S. The summed E-state index contributed by atoms with van der Waals surface area (Å²) in [7, 11) is -3.84. The van der Waals surface area contributed by atoms with Gasteiger partial charge in [0.25, 0.3) is 0 Å². The first-order valence-corrected chi connectivity index (χ1v) is 11.0. The maximum absolute atomic E-state index is 12.4. The molecule has 0 saturated carbocycles. The van der Waals surface area contributed by atoms with Gasteiger partial charge in [0.1, 0.15) is 5.75 Å². The summed E-state index contributed by atoms with van der Waals surface area (Å²) in [5.74, 6) is -0.627. The Kier molecular flexibility index (Phi) is 7.62. The predicted octanol–water partition coefficient (Wildman–Crippen LogP) is 1.78. The van der Waals surface area contributed by atoms with Gasteiger partial charge in [-0.2, -0.15) is 12.7 Å². The summed E-state index contributed by atoms with van der Waals surface area (Å²) in [5, 5.41) is 9.34. The molecule has 1 aliphatic rings. The quantitative estimate of drug-likeness (QED) is 0.609. The number of carboxylic acid groups (broad SMARTS) is 1. The number of benzene rings is 1. The number of halogens is 1. The maximum atomic E-state index is 12.4. The topological polar surface area (TPSA) is 109 Å². The number of rotatable bonds is 9. The zero-order valence-electron chi connectivity index (χ0n) is 16.1. The van der Waals surface area contributed by atoms with Crippen molar-refractivity contribution in [1.82, 2.24) is 14.2 Å². The molecule has 1 N–H and O–H groups in total. The van der Waals surface area contributed by atoms with Crippen LogP contribution < -0.4 is 4.74 Å². The molecule has 0 aliphatic carbocycles. The molecule has 30 heavy (non-hydrogen) atoms. The van der Waals surface area contributed by atoms with Crippen LogP contribution in [0, 0.1) is 0 Å². The van der Waals surface area contributed by atoms with E-state index >= 15 is 0 Å². The smallest absolute Gasteiger partial charge is 0.341 e. The molecule has 0 spiro atoms. The van der Waals surface area contributed by atoms with E-state index in [9.17, 15) is 13.2 Å². The van der Waals surface area contributed by atoms with Crippen LogP contribution >= 0.6 is 11.6 Å². The molecule has 2 heterocycles. The van der Waals surface area contributed by atoms with Crippen molar-refractivity contribution in [2.75, 3.05) is 32.8 Å². The van der Waals surface area contributed by atoms with Gasteiger partial charge in [0.05, 0.1) is 6.61 Å². The Morgan fingerprint density at radius 3 is 2.63 bits per heavy atom. The summed E-state index contributed by atoms with van der Waals surface area (Å²) in [6.07, 6.45) is 3.16. The highest BCUT2D eigenvalue weighted by Gasteiger charge is 2.28. The third kappa shape index (κ3) is 6.38. The second-order valence-electron chi connectivity index (χ2n) is 6.69. The maximum Gasteiger partial charge on any atom is 0.341 e.